The molecule has 28 heavy (non-hydrogen) atoms. The van der Waals surface area contributed by atoms with E-state index in [2.05, 4.69) is 45.0 Å². The second kappa shape index (κ2) is 12.5. The van der Waals surface area contributed by atoms with Crippen molar-refractivity contribution in [2.24, 2.45) is 0 Å². The fraction of sp³-hybridized carbons (Fsp3) is 0.462. The molecule has 0 aliphatic rings. The van der Waals surface area contributed by atoms with Gasteiger partial charge < -0.3 is 0 Å². The predicted octanol–water partition coefficient (Wildman–Crippen LogP) is 8.80. The third kappa shape index (κ3) is 6.20. The van der Waals surface area contributed by atoms with Crippen LogP contribution in [0.25, 0.3) is 5.57 Å². The average molecular weight is 487 g/mol. The van der Waals surface area contributed by atoms with E-state index >= 15 is 4.39 Å². The van der Waals surface area contributed by atoms with Crippen LogP contribution in [0.3, 0.4) is 0 Å². The molecule has 0 saturated carbocycles. The molecule has 0 nitrogen and oxygen atoms in total. The van der Waals surface area contributed by atoms with Gasteiger partial charge in [0.15, 0.2) is 0 Å². The molecule has 0 atom stereocenters. The van der Waals surface area contributed by atoms with Gasteiger partial charge in [0.2, 0.25) is 0 Å². The Bertz CT molecular complexity index is 642. The second-order valence-electron chi connectivity index (χ2n) is 8.01. The first kappa shape index (κ1) is 23.2. The van der Waals surface area contributed by atoms with Crippen molar-refractivity contribution in [2.45, 2.75) is 72.6 Å². The predicted molar refractivity (Wildman–Crippen MR) is 125 cm³/mol. The summed E-state index contributed by atoms with van der Waals surface area (Å²) in [6.45, 7) is 6.73. The Balaban J connectivity index is 2.66. The van der Waals surface area contributed by atoms with Gasteiger partial charge in [-0.2, -0.15) is 0 Å². The van der Waals surface area contributed by atoms with E-state index < -0.39 is 18.4 Å². The molecule has 0 saturated heterocycles. The molecule has 0 heterocycles. The van der Waals surface area contributed by atoms with Crippen LogP contribution in [-0.2, 0) is 0 Å². The van der Waals surface area contributed by atoms with Crippen LogP contribution in [0.5, 0.6) is 0 Å². The molecule has 0 fully saturated rings. The van der Waals surface area contributed by atoms with E-state index in [0.29, 0.717) is 3.84 Å². The van der Waals surface area contributed by atoms with Crippen LogP contribution in [-0.4, -0.2) is 18.4 Å². The number of unbranched alkanes of at least 4 members (excludes halogenated alkanes) is 3. The first-order chi connectivity index (χ1) is 13.7. The molecule has 152 valence electrons. The quantitative estimate of drug-likeness (QED) is 0.263. The Morgan fingerprint density at radius 2 is 1.00 bits per heavy atom. The number of hydrogen-bond donors (Lipinski definition) is 0. The van der Waals surface area contributed by atoms with Crippen molar-refractivity contribution in [3.63, 3.8) is 0 Å². The summed E-state index contributed by atoms with van der Waals surface area (Å²) in [6.07, 6.45) is 7.01. The molecule has 0 amide bonds. The Labute approximate surface area is 176 Å². The Morgan fingerprint density at radius 1 is 0.643 bits per heavy atom. The van der Waals surface area contributed by atoms with E-state index in [-0.39, 0.29) is 0 Å². The molecular formula is C26H37FSn. The van der Waals surface area contributed by atoms with Gasteiger partial charge >= 0.3 is 177 Å². The summed E-state index contributed by atoms with van der Waals surface area (Å²) in [6, 6.07) is 20.5. The van der Waals surface area contributed by atoms with Gasteiger partial charge in [-0.25, -0.2) is 0 Å². The van der Waals surface area contributed by atoms with Gasteiger partial charge in [-0.3, -0.25) is 0 Å². The van der Waals surface area contributed by atoms with Gasteiger partial charge in [0.25, 0.3) is 0 Å². The summed E-state index contributed by atoms with van der Waals surface area (Å²) >= 11 is -3.12. The van der Waals surface area contributed by atoms with Gasteiger partial charge in [-0.15, -0.1) is 0 Å². The number of benzene rings is 2. The topological polar surface area (TPSA) is 0 Å². The maximum absolute atomic E-state index is 16.7. The zero-order valence-corrected chi connectivity index (χ0v) is 20.9. The zero-order chi connectivity index (χ0) is 20.2. The Kier molecular flexibility index (Phi) is 10.3. The fourth-order valence-corrected chi connectivity index (χ4v) is 19.3. The third-order valence-corrected chi connectivity index (χ3v) is 20.4. The molecule has 0 bridgehead atoms. The maximum atomic E-state index is 16.7. The van der Waals surface area contributed by atoms with Crippen molar-refractivity contribution in [3.8, 4) is 0 Å². The normalized spacial score (nSPS) is 11.4. The summed E-state index contributed by atoms with van der Waals surface area (Å²) in [7, 11) is 0. The van der Waals surface area contributed by atoms with Gasteiger partial charge in [-0.05, 0) is 0 Å². The van der Waals surface area contributed by atoms with Crippen molar-refractivity contribution in [1.29, 1.82) is 0 Å². The van der Waals surface area contributed by atoms with Crippen molar-refractivity contribution in [3.05, 3.63) is 75.6 Å². The molecule has 2 heteroatoms. The van der Waals surface area contributed by atoms with E-state index in [0.717, 1.165) is 49.3 Å². The zero-order valence-electron chi connectivity index (χ0n) is 18.0. The SMILES string of the molecule is CCC[CH2][Sn]([CH2]CCC)([CH2]CCC)[C](F)=C(c1ccccc1)c1ccccc1. The first-order valence-electron chi connectivity index (χ1n) is 11.2. The van der Waals surface area contributed by atoms with Crippen LogP contribution in [0.2, 0.25) is 13.3 Å². The van der Waals surface area contributed by atoms with Crippen LogP contribution < -0.4 is 0 Å². The number of halogens is 1. The van der Waals surface area contributed by atoms with E-state index in [4.69, 9.17) is 0 Å². The van der Waals surface area contributed by atoms with E-state index in [1.54, 1.807) is 0 Å². The first-order valence-corrected chi connectivity index (χ1v) is 18.7. The minimum atomic E-state index is -3.12. The van der Waals surface area contributed by atoms with E-state index in [9.17, 15) is 0 Å². The number of hydrogen-bond acceptors (Lipinski definition) is 0. The van der Waals surface area contributed by atoms with Crippen LogP contribution in [0.1, 0.15) is 70.4 Å². The molecule has 0 spiro atoms. The molecule has 2 aromatic carbocycles. The van der Waals surface area contributed by atoms with Gasteiger partial charge in [0.1, 0.15) is 0 Å². The molecule has 0 radical (unpaired) electrons. The summed E-state index contributed by atoms with van der Waals surface area (Å²) in [5.74, 6) is 0. The summed E-state index contributed by atoms with van der Waals surface area (Å²) < 4.78 is 20.5. The average Bonchev–Trinajstić information content (AvgIpc) is 2.75. The standard InChI is InChI=1S/C14H10F.3C4H9.Sn/c15-11-14(12-7-3-1-4-8-12)13-9-5-2-6-10-13;3*1-3-4-2;/h1-10H;3*1,3-4H2,2H3;. The molecule has 0 N–H and O–H groups in total. The summed E-state index contributed by atoms with van der Waals surface area (Å²) in [5, 5.41) is 0. The van der Waals surface area contributed by atoms with E-state index in [1.807, 2.05) is 36.4 Å². The molecule has 2 aromatic rings. The van der Waals surface area contributed by atoms with Crippen LogP contribution in [0.4, 0.5) is 4.39 Å². The molecule has 0 aliphatic heterocycles. The number of rotatable bonds is 12. The van der Waals surface area contributed by atoms with Crippen molar-refractivity contribution >= 4 is 24.0 Å². The minimum absolute atomic E-state index is 0.321. The molecule has 2 rings (SSSR count). The molecule has 0 aromatic heterocycles. The molecule has 0 unspecified atom stereocenters. The van der Waals surface area contributed by atoms with Gasteiger partial charge in [-0.1, -0.05) is 0 Å². The summed E-state index contributed by atoms with van der Waals surface area (Å²) in [5.41, 5.74) is 2.97. The van der Waals surface area contributed by atoms with Gasteiger partial charge in [0, 0.05) is 0 Å². The third-order valence-electron chi connectivity index (χ3n) is 5.84. The van der Waals surface area contributed by atoms with Crippen molar-refractivity contribution in [2.75, 3.05) is 0 Å². The van der Waals surface area contributed by atoms with Crippen LogP contribution >= 0.6 is 0 Å². The van der Waals surface area contributed by atoms with Crippen LogP contribution in [0.15, 0.2) is 64.5 Å². The summed E-state index contributed by atoms with van der Waals surface area (Å²) in [4.78, 5) is 0. The van der Waals surface area contributed by atoms with Crippen molar-refractivity contribution < 1.29 is 4.39 Å². The van der Waals surface area contributed by atoms with Gasteiger partial charge in [0.05, 0.1) is 0 Å². The molecular weight excluding hydrogens is 450 g/mol. The fourth-order valence-electron chi connectivity index (χ4n) is 4.14. The molecule has 0 aliphatic carbocycles. The van der Waals surface area contributed by atoms with Crippen molar-refractivity contribution in [1.82, 2.24) is 0 Å². The monoisotopic (exact) mass is 488 g/mol. The van der Waals surface area contributed by atoms with Crippen LogP contribution in [0, 0.1) is 0 Å². The second-order valence-corrected chi connectivity index (χ2v) is 20.9. The Hall–Kier alpha value is -1.09. The van der Waals surface area contributed by atoms with E-state index in [1.165, 1.54) is 19.3 Å². The Morgan fingerprint density at radius 3 is 1.32 bits per heavy atom.